The quantitative estimate of drug-likeness (QED) is 0.722. The van der Waals surface area contributed by atoms with Crippen LogP contribution in [-0.4, -0.2) is 28.9 Å². The molecule has 0 saturated heterocycles. The first-order valence-electron chi connectivity index (χ1n) is 6.70. The van der Waals surface area contributed by atoms with Crippen LogP contribution < -0.4 is 5.32 Å². The van der Waals surface area contributed by atoms with E-state index in [2.05, 4.69) is 31.3 Å². The normalized spacial score (nSPS) is 18.9. The molecule has 0 amide bonds. The molecular weight excluding hydrogens is 226 g/mol. The molecule has 1 aliphatic carbocycles. The van der Waals surface area contributed by atoms with Crippen LogP contribution in [0.5, 0.6) is 0 Å². The van der Waals surface area contributed by atoms with Crippen LogP contribution in [0.1, 0.15) is 49.8 Å². The molecule has 0 aliphatic heterocycles. The molecule has 1 aromatic rings. The molecule has 1 fully saturated rings. The topological polar surface area (TPSA) is 52.5 Å². The predicted molar refractivity (Wildman–Crippen MR) is 72.5 cm³/mol. The molecule has 3 N–H and O–H groups in total. The number of hydrogen-bond acceptors (Lipinski definition) is 3. The number of aliphatic hydroxyl groups is 2. The van der Waals surface area contributed by atoms with E-state index < -0.39 is 6.10 Å². The van der Waals surface area contributed by atoms with Crippen LogP contribution in [0, 0.1) is 0 Å². The van der Waals surface area contributed by atoms with Gasteiger partial charge in [-0.15, -0.1) is 0 Å². The highest BCUT2D eigenvalue weighted by Crippen LogP contribution is 2.34. The maximum Gasteiger partial charge on any atom is 0.0914 e. The lowest BCUT2D eigenvalue weighted by Gasteiger charge is -2.18. The molecule has 2 rings (SSSR count). The maximum absolute atomic E-state index is 10.1. The van der Waals surface area contributed by atoms with E-state index in [0.29, 0.717) is 12.5 Å². The minimum atomic E-state index is -0.504. The molecule has 3 nitrogen and oxygen atoms in total. The van der Waals surface area contributed by atoms with Gasteiger partial charge in [-0.25, -0.2) is 0 Å². The van der Waals surface area contributed by atoms with E-state index in [0.717, 1.165) is 18.4 Å². The highest BCUT2D eigenvalue weighted by atomic mass is 16.3. The van der Waals surface area contributed by atoms with Gasteiger partial charge in [0.25, 0.3) is 0 Å². The third-order valence-corrected chi connectivity index (χ3v) is 3.81. The Bertz CT molecular complexity index is 382. The molecule has 18 heavy (non-hydrogen) atoms. The molecular formula is C15H23NO2. The van der Waals surface area contributed by atoms with Gasteiger partial charge >= 0.3 is 0 Å². The first-order chi connectivity index (χ1) is 8.56. The number of hydrogen-bond donors (Lipinski definition) is 3. The Labute approximate surface area is 109 Å². The molecule has 1 aromatic carbocycles. The molecule has 100 valence electrons. The Morgan fingerprint density at radius 3 is 2.17 bits per heavy atom. The van der Waals surface area contributed by atoms with Crippen LogP contribution in [0.15, 0.2) is 24.3 Å². The smallest absolute Gasteiger partial charge is 0.0914 e. The molecule has 1 saturated carbocycles. The number of nitrogens with one attached hydrogen (secondary N) is 1. The predicted octanol–water partition coefficient (Wildman–Crippen LogP) is 1.96. The highest BCUT2D eigenvalue weighted by Gasteiger charge is 2.41. The fourth-order valence-corrected chi connectivity index (χ4v) is 2.08. The van der Waals surface area contributed by atoms with Gasteiger partial charge in [0, 0.05) is 12.1 Å². The van der Waals surface area contributed by atoms with Gasteiger partial charge in [0.2, 0.25) is 0 Å². The highest BCUT2D eigenvalue weighted by molar-refractivity contribution is 5.26. The largest absolute Gasteiger partial charge is 0.394 e. The van der Waals surface area contributed by atoms with Crippen molar-refractivity contribution in [2.45, 2.75) is 44.2 Å². The summed E-state index contributed by atoms with van der Waals surface area (Å²) in [6.07, 6.45) is 1.50. The van der Waals surface area contributed by atoms with Crippen molar-refractivity contribution in [2.75, 3.05) is 13.2 Å². The third kappa shape index (κ3) is 3.10. The second-order valence-electron chi connectivity index (χ2n) is 5.66. The number of rotatable bonds is 6. The first kappa shape index (κ1) is 13.5. The van der Waals surface area contributed by atoms with Gasteiger partial charge in [0.05, 0.1) is 12.7 Å². The van der Waals surface area contributed by atoms with Crippen molar-refractivity contribution in [3.8, 4) is 0 Å². The Balaban J connectivity index is 1.90. The fourth-order valence-electron chi connectivity index (χ4n) is 2.08. The van der Waals surface area contributed by atoms with Crippen LogP contribution in [-0.2, 0) is 0 Å². The Kier molecular flexibility index (Phi) is 4.05. The molecule has 1 unspecified atom stereocenters. The van der Waals surface area contributed by atoms with Crippen LogP contribution in [0.4, 0.5) is 0 Å². The minimum Gasteiger partial charge on any atom is -0.394 e. The van der Waals surface area contributed by atoms with E-state index in [1.807, 2.05) is 12.1 Å². The van der Waals surface area contributed by atoms with Crippen LogP contribution in [0.3, 0.4) is 0 Å². The fraction of sp³-hybridized carbons (Fsp3) is 0.600. The monoisotopic (exact) mass is 249 g/mol. The summed E-state index contributed by atoms with van der Waals surface area (Å²) in [6.45, 7) is 4.98. The Morgan fingerprint density at radius 2 is 1.72 bits per heavy atom. The molecule has 1 atom stereocenters. The van der Waals surface area contributed by atoms with E-state index >= 15 is 0 Å². The maximum atomic E-state index is 10.1. The van der Waals surface area contributed by atoms with Gasteiger partial charge in [-0.2, -0.15) is 0 Å². The van der Waals surface area contributed by atoms with Gasteiger partial charge in [-0.1, -0.05) is 38.1 Å². The molecule has 1 aliphatic rings. The minimum absolute atomic E-state index is 0.112. The standard InChI is InChI=1S/C15H23NO2/c1-11(2)12-3-5-13(6-4-12)14(18)9-16-15(10-17)7-8-15/h3-6,11,14,16-18H,7-10H2,1-2H3. The molecule has 0 bridgehead atoms. The lowest BCUT2D eigenvalue weighted by Crippen LogP contribution is -2.37. The summed E-state index contributed by atoms with van der Waals surface area (Å²) in [4.78, 5) is 0. The van der Waals surface area contributed by atoms with E-state index in [4.69, 9.17) is 0 Å². The summed E-state index contributed by atoms with van der Waals surface area (Å²) < 4.78 is 0. The lowest BCUT2D eigenvalue weighted by molar-refractivity contribution is 0.154. The second kappa shape index (κ2) is 5.39. The second-order valence-corrected chi connectivity index (χ2v) is 5.66. The van der Waals surface area contributed by atoms with Crippen molar-refractivity contribution in [1.82, 2.24) is 5.32 Å². The summed E-state index contributed by atoms with van der Waals surface area (Å²) >= 11 is 0. The van der Waals surface area contributed by atoms with E-state index in [1.54, 1.807) is 0 Å². The SMILES string of the molecule is CC(C)c1ccc(C(O)CNC2(CO)CC2)cc1. The van der Waals surface area contributed by atoms with E-state index in [1.165, 1.54) is 5.56 Å². The van der Waals surface area contributed by atoms with Gasteiger partial charge in [0.15, 0.2) is 0 Å². The zero-order valence-corrected chi connectivity index (χ0v) is 11.2. The van der Waals surface area contributed by atoms with E-state index in [9.17, 15) is 10.2 Å². The molecule has 0 aromatic heterocycles. The Morgan fingerprint density at radius 1 is 1.17 bits per heavy atom. The number of β-amino-alcohol motifs (C(OH)–C–C–N with tert-alkyl or cyclic N) is 1. The lowest BCUT2D eigenvalue weighted by atomic mass is 10.00. The van der Waals surface area contributed by atoms with Crippen molar-refractivity contribution in [2.24, 2.45) is 0 Å². The van der Waals surface area contributed by atoms with Crippen LogP contribution in [0.2, 0.25) is 0 Å². The van der Waals surface area contributed by atoms with Gasteiger partial charge in [-0.3, -0.25) is 0 Å². The van der Waals surface area contributed by atoms with Crippen molar-refractivity contribution >= 4 is 0 Å². The summed E-state index contributed by atoms with van der Waals surface area (Å²) in [5, 5.41) is 22.5. The zero-order chi connectivity index (χ0) is 13.2. The molecule has 0 radical (unpaired) electrons. The Hall–Kier alpha value is -0.900. The van der Waals surface area contributed by atoms with E-state index in [-0.39, 0.29) is 12.1 Å². The van der Waals surface area contributed by atoms with Crippen molar-refractivity contribution in [1.29, 1.82) is 0 Å². The van der Waals surface area contributed by atoms with Gasteiger partial charge < -0.3 is 15.5 Å². The molecule has 0 spiro atoms. The summed E-state index contributed by atoms with van der Waals surface area (Å²) in [6, 6.07) is 8.12. The van der Waals surface area contributed by atoms with Gasteiger partial charge in [-0.05, 0) is 29.9 Å². The number of benzene rings is 1. The van der Waals surface area contributed by atoms with Crippen LogP contribution in [0.25, 0.3) is 0 Å². The van der Waals surface area contributed by atoms with Crippen molar-refractivity contribution in [3.05, 3.63) is 35.4 Å². The summed E-state index contributed by atoms with van der Waals surface area (Å²) in [5.41, 5.74) is 2.10. The van der Waals surface area contributed by atoms with Gasteiger partial charge in [0.1, 0.15) is 0 Å². The third-order valence-electron chi connectivity index (χ3n) is 3.81. The summed E-state index contributed by atoms with van der Waals surface area (Å²) in [5.74, 6) is 0.512. The average molecular weight is 249 g/mol. The zero-order valence-electron chi connectivity index (χ0n) is 11.2. The van der Waals surface area contributed by atoms with Crippen molar-refractivity contribution < 1.29 is 10.2 Å². The van der Waals surface area contributed by atoms with Crippen molar-refractivity contribution in [3.63, 3.8) is 0 Å². The summed E-state index contributed by atoms with van der Waals surface area (Å²) in [7, 11) is 0. The first-order valence-corrected chi connectivity index (χ1v) is 6.70. The molecule has 0 heterocycles. The van der Waals surface area contributed by atoms with Crippen LogP contribution >= 0.6 is 0 Å². The average Bonchev–Trinajstić information content (AvgIpc) is 3.17. The number of aliphatic hydroxyl groups excluding tert-OH is 2. The molecule has 3 heteroatoms.